The van der Waals surface area contributed by atoms with E-state index in [1.54, 1.807) is 29.4 Å². The van der Waals surface area contributed by atoms with Gasteiger partial charge in [0.25, 0.3) is 0 Å². The van der Waals surface area contributed by atoms with Crippen LogP contribution in [0.3, 0.4) is 0 Å². The van der Waals surface area contributed by atoms with E-state index >= 15 is 0 Å². The quantitative estimate of drug-likeness (QED) is 0.741. The molecule has 9 heteroatoms. The second kappa shape index (κ2) is 5.97. The van der Waals surface area contributed by atoms with Crippen LogP contribution >= 0.6 is 39.1 Å². The van der Waals surface area contributed by atoms with Crippen LogP contribution in [0.5, 0.6) is 0 Å². The van der Waals surface area contributed by atoms with E-state index in [4.69, 9.17) is 23.2 Å². The van der Waals surface area contributed by atoms with Gasteiger partial charge in [-0.15, -0.1) is 0 Å². The molecule has 0 radical (unpaired) electrons. The first-order valence-corrected chi connectivity index (χ1v) is 7.29. The number of hydrogen-bond donors (Lipinski definition) is 1. The van der Waals surface area contributed by atoms with E-state index in [9.17, 15) is 0 Å². The summed E-state index contributed by atoms with van der Waals surface area (Å²) in [5, 5.41) is 3.75. The number of hydrogen-bond acceptors (Lipinski definition) is 5. The number of benzene rings is 1. The lowest BCUT2D eigenvalue weighted by Gasteiger charge is -2.08. The zero-order chi connectivity index (χ0) is 14.8. The minimum atomic E-state index is 0.0872. The summed E-state index contributed by atoms with van der Waals surface area (Å²) < 4.78 is 2.40. The van der Waals surface area contributed by atoms with Gasteiger partial charge in [-0.3, -0.25) is 4.57 Å². The van der Waals surface area contributed by atoms with Gasteiger partial charge in [-0.1, -0.05) is 11.6 Å². The van der Waals surface area contributed by atoms with E-state index in [-0.39, 0.29) is 5.28 Å². The SMILES string of the molecule is Clc1nc(Nc2ccc(Cl)c(Br)c2)nc(-n2ccnc2)n1. The second-order valence-corrected chi connectivity index (χ2v) is 5.55. The monoisotopic (exact) mass is 384 g/mol. The summed E-state index contributed by atoms with van der Waals surface area (Å²) >= 11 is 15.2. The van der Waals surface area contributed by atoms with E-state index < -0.39 is 0 Å². The third kappa shape index (κ3) is 3.31. The molecular formula is C12H7BrCl2N6. The van der Waals surface area contributed by atoms with Crippen molar-refractivity contribution in [3.05, 3.63) is 51.7 Å². The Morgan fingerprint density at radius 2 is 2.00 bits per heavy atom. The molecule has 0 aliphatic rings. The summed E-state index contributed by atoms with van der Waals surface area (Å²) in [4.78, 5) is 16.3. The molecule has 2 heterocycles. The molecule has 0 unspecified atom stereocenters. The topological polar surface area (TPSA) is 68.5 Å². The Labute approximate surface area is 138 Å². The zero-order valence-corrected chi connectivity index (χ0v) is 13.4. The molecule has 0 spiro atoms. The molecule has 0 fully saturated rings. The number of nitrogens with one attached hydrogen (secondary N) is 1. The van der Waals surface area contributed by atoms with Crippen molar-refractivity contribution in [3.63, 3.8) is 0 Å². The Morgan fingerprint density at radius 3 is 2.71 bits per heavy atom. The first-order chi connectivity index (χ1) is 10.1. The van der Waals surface area contributed by atoms with Gasteiger partial charge in [0.2, 0.25) is 17.2 Å². The maximum absolute atomic E-state index is 5.95. The fraction of sp³-hybridized carbons (Fsp3) is 0. The predicted molar refractivity (Wildman–Crippen MR) is 84.4 cm³/mol. The zero-order valence-electron chi connectivity index (χ0n) is 10.3. The van der Waals surface area contributed by atoms with Crippen LogP contribution in [-0.4, -0.2) is 24.5 Å². The first-order valence-electron chi connectivity index (χ1n) is 5.74. The molecule has 0 atom stereocenters. The lowest BCUT2D eigenvalue weighted by Crippen LogP contribution is -2.05. The molecule has 3 aromatic rings. The molecule has 3 rings (SSSR count). The number of aromatic nitrogens is 5. The van der Waals surface area contributed by atoms with Crippen molar-refractivity contribution in [2.75, 3.05) is 5.32 Å². The fourth-order valence-corrected chi connectivity index (χ4v) is 2.24. The number of halogens is 3. The molecule has 21 heavy (non-hydrogen) atoms. The van der Waals surface area contributed by atoms with E-state index in [1.165, 1.54) is 0 Å². The fourth-order valence-electron chi connectivity index (χ4n) is 1.59. The summed E-state index contributed by atoms with van der Waals surface area (Å²) in [5.74, 6) is 0.705. The molecule has 0 saturated heterocycles. The first kappa shape index (κ1) is 14.2. The smallest absolute Gasteiger partial charge is 0.241 e. The van der Waals surface area contributed by atoms with Gasteiger partial charge >= 0.3 is 0 Å². The van der Waals surface area contributed by atoms with Crippen LogP contribution in [0.15, 0.2) is 41.4 Å². The van der Waals surface area contributed by atoms with Crippen molar-refractivity contribution in [1.29, 1.82) is 0 Å². The highest BCUT2D eigenvalue weighted by Crippen LogP contribution is 2.26. The Kier molecular flexibility index (Phi) is 4.05. The summed E-state index contributed by atoms with van der Waals surface area (Å²) in [6.07, 6.45) is 4.92. The second-order valence-electron chi connectivity index (χ2n) is 3.95. The summed E-state index contributed by atoms with van der Waals surface area (Å²) in [6.45, 7) is 0. The van der Waals surface area contributed by atoms with Gasteiger partial charge in [-0.25, -0.2) is 4.98 Å². The molecule has 0 amide bonds. The average molecular weight is 386 g/mol. The van der Waals surface area contributed by atoms with Crippen LogP contribution in [-0.2, 0) is 0 Å². The van der Waals surface area contributed by atoms with Crippen molar-refractivity contribution in [2.45, 2.75) is 0 Å². The van der Waals surface area contributed by atoms with Crippen molar-refractivity contribution >= 4 is 50.8 Å². The minimum Gasteiger partial charge on any atom is -0.324 e. The van der Waals surface area contributed by atoms with Crippen LogP contribution in [0.4, 0.5) is 11.6 Å². The van der Waals surface area contributed by atoms with Gasteiger partial charge in [0.1, 0.15) is 6.33 Å². The molecule has 0 bridgehead atoms. The van der Waals surface area contributed by atoms with Gasteiger partial charge in [0, 0.05) is 22.6 Å². The van der Waals surface area contributed by atoms with E-state index in [1.807, 2.05) is 12.1 Å². The molecule has 6 nitrogen and oxygen atoms in total. The van der Waals surface area contributed by atoms with Crippen LogP contribution in [0.2, 0.25) is 10.3 Å². The standard InChI is InChI=1S/C12H7BrCl2N6/c13-8-5-7(1-2-9(8)14)17-11-18-10(15)19-12(20-11)21-4-3-16-6-21/h1-6H,(H,17,18,19,20). The maximum atomic E-state index is 5.95. The lowest BCUT2D eigenvalue weighted by atomic mass is 10.3. The van der Waals surface area contributed by atoms with Crippen molar-refractivity contribution in [2.24, 2.45) is 0 Å². The maximum Gasteiger partial charge on any atom is 0.241 e. The van der Waals surface area contributed by atoms with E-state index in [0.717, 1.165) is 10.2 Å². The normalized spacial score (nSPS) is 10.6. The van der Waals surface area contributed by atoms with Crippen molar-refractivity contribution < 1.29 is 0 Å². The van der Waals surface area contributed by atoms with Crippen LogP contribution < -0.4 is 5.32 Å². The van der Waals surface area contributed by atoms with Crippen molar-refractivity contribution in [3.8, 4) is 5.95 Å². The van der Waals surface area contributed by atoms with Crippen molar-refractivity contribution in [1.82, 2.24) is 24.5 Å². The molecule has 2 aromatic heterocycles. The Bertz CT molecular complexity index is 777. The number of anilines is 2. The summed E-state index contributed by atoms with van der Waals surface area (Å²) in [6, 6.07) is 5.38. The van der Waals surface area contributed by atoms with Crippen LogP contribution in [0.25, 0.3) is 5.95 Å². The summed E-state index contributed by atoms with van der Waals surface area (Å²) in [7, 11) is 0. The third-order valence-corrected chi connectivity index (χ3v) is 3.89. The minimum absolute atomic E-state index is 0.0872. The van der Waals surface area contributed by atoms with Gasteiger partial charge in [0.05, 0.1) is 5.02 Å². The van der Waals surface area contributed by atoms with E-state index in [0.29, 0.717) is 16.9 Å². The third-order valence-electron chi connectivity index (χ3n) is 2.51. The van der Waals surface area contributed by atoms with Gasteiger partial charge in [-0.05, 0) is 45.7 Å². The number of imidazole rings is 1. The van der Waals surface area contributed by atoms with Gasteiger partial charge in [0.15, 0.2) is 0 Å². The van der Waals surface area contributed by atoms with Gasteiger partial charge in [-0.2, -0.15) is 15.0 Å². The molecule has 0 aliphatic heterocycles. The highest BCUT2D eigenvalue weighted by Gasteiger charge is 2.07. The largest absolute Gasteiger partial charge is 0.324 e. The average Bonchev–Trinajstić information content (AvgIpc) is 2.96. The predicted octanol–water partition coefficient (Wildman–Crippen LogP) is 3.87. The lowest BCUT2D eigenvalue weighted by molar-refractivity contribution is 0.899. The number of rotatable bonds is 3. The molecular weight excluding hydrogens is 379 g/mol. The summed E-state index contributed by atoms with van der Waals surface area (Å²) in [5.41, 5.74) is 0.769. The van der Waals surface area contributed by atoms with E-state index in [2.05, 4.69) is 41.2 Å². The van der Waals surface area contributed by atoms with Gasteiger partial charge < -0.3 is 5.32 Å². The molecule has 1 N–H and O–H groups in total. The molecule has 0 aliphatic carbocycles. The van der Waals surface area contributed by atoms with Crippen LogP contribution in [0.1, 0.15) is 0 Å². The Balaban J connectivity index is 1.93. The Hall–Kier alpha value is -1.70. The molecule has 0 saturated carbocycles. The van der Waals surface area contributed by atoms with Crippen LogP contribution in [0, 0.1) is 0 Å². The highest BCUT2D eigenvalue weighted by atomic mass is 79.9. The Morgan fingerprint density at radius 1 is 1.14 bits per heavy atom. The number of nitrogens with zero attached hydrogens (tertiary/aromatic N) is 5. The molecule has 106 valence electrons. The molecule has 1 aromatic carbocycles. The highest BCUT2D eigenvalue weighted by molar-refractivity contribution is 9.10.